The van der Waals surface area contributed by atoms with Crippen LogP contribution in [0.1, 0.15) is 80.5 Å². The normalized spacial score (nSPS) is 12.9. The van der Waals surface area contributed by atoms with Crippen LogP contribution in [0, 0.1) is 12.7 Å². The van der Waals surface area contributed by atoms with Crippen molar-refractivity contribution in [2.45, 2.75) is 64.7 Å². The lowest BCUT2D eigenvalue weighted by Crippen LogP contribution is -2.29. The van der Waals surface area contributed by atoms with E-state index in [1.165, 1.54) is 27.8 Å². The van der Waals surface area contributed by atoms with Gasteiger partial charge in [0.15, 0.2) is 0 Å². The van der Waals surface area contributed by atoms with E-state index in [2.05, 4.69) is 283 Å². The SMILES string of the molecule is Cc1cc(N(c2ccc(C(C)(C)C)cc2)c2cc3c(c4ccccc24)-c2c(cc(N(c4ccc(C(C)(C)C)cc4)c4ccc(-c5ccccc5)c(F)c4)c4c2oc2ccccc24)C3(c2ccccc2)c2ccccc2)ccc1-c1ccccc1. The van der Waals surface area contributed by atoms with Crippen molar-refractivity contribution in [1.82, 2.24) is 0 Å². The minimum absolute atomic E-state index is 0.0413. The second-order valence-electron chi connectivity index (χ2n) is 24.6. The van der Waals surface area contributed by atoms with Crippen molar-refractivity contribution in [1.29, 1.82) is 0 Å². The highest BCUT2D eigenvalue weighted by atomic mass is 19.1. The van der Waals surface area contributed by atoms with E-state index in [-0.39, 0.29) is 16.6 Å². The third kappa shape index (κ3) is 8.62. The molecule has 13 aromatic rings. The summed E-state index contributed by atoms with van der Waals surface area (Å²) < 4.78 is 24.8. The lowest BCUT2D eigenvalue weighted by molar-refractivity contribution is 0.590. The summed E-state index contributed by atoms with van der Waals surface area (Å²) in [4.78, 5) is 4.73. The molecule has 0 aliphatic heterocycles. The second kappa shape index (κ2) is 20.3. The minimum Gasteiger partial charge on any atom is -0.455 e. The number of hydrogen-bond acceptors (Lipinski definition) is 3. The molecule has 0 N–H and O–H groups in total. The molecule has 3 nitrogen and oxygen atoms in total. The fourth-order valence-electron chi connectivity index (χ4n) is 13.3. The van der Waals surface area contributed by atoms with Gasteiger partial charge in [0.2, 0.25) is 0 Å². The summed E-state index contributed by atoms with van der Waals surface area (Å²) >= 11 is 0. The Labute approximate surface area is 492 Å². The van der Waals surface area contributed by atoms with Crippen LogP contribution in [0.3, 0.4) is 0 Å². The molecule has 1 aromatic heterocycles. The maximum absolute atomic E-state index is 17.3. The summed E-state index contributed by atoms with van der Waals surface area (Å²) in [5.41, 5.74) is 20.1. The van der Waals surface area contributed by atoms with Gasteiger partial charge < -0.3 is 14.2 Å². The van der Waals surface area contributed by atoms with Crippen molar-refractivity contribution in [3.8, 4) is 33.4 Å². The number of aryl methyl sites for hydroxylation is 1. The third-order valence-electron chi connectivity index (χ3n) is 17.4. The molecule has 1 aliphatic rings. The van der Waals surface area contributed by atoms with Gasteiger partial charge >= 0.3 is 0 Å². The largest absolute Gasteiger partial charge is 0.455 e. The van der Waals surface area contributed by atoms with Gasteiger partial charge in [-0.1, -0.05) is 236 Å². The Morgan fingerprint density at radius 1 is 0.381 bits per heavy atom. The van der Waals surface area contributed by atoms with E-state index in [4.69, 9.17) is 4.42 Å². The van der Waals surface area contributed by atoms with Gasteiger partial charge in [-0.05, 0) is 157 Å². The monoisotopic (exact) mass is 1090 g/mol. The molecule has 1 heterocycles. The Hall–Kier alpha value is -9.77. The van der Waals surface area contributed by atoms with Gasteiger partial charge in [0.05, 0.1) is 22.2 Å². The fourth-order valence-corrected chi connectivity index (χ4v) is 13.3. The molecule has 0 radical (unpaired) electrons. The van der Waals surface area contributed by atoms with Crippen molar-refractivity contribution in [2.75, 3.05) is 9.80 Å². The molecule has 12 aromatic carbocycles. The smallest absolute Gasteiger partial charge is 0.145 e. The molecule has 84 heavy (non-hydrogen) atoms. The number of halogens is 1. The molecule has 0 unspecified atom stereocenters. The van der Waals surface area contributed by atoms with Gasteiger partial charge in [0.1, 0.15) is 17.0 Å². The lowest BCUT2D eigenvalue weighted by atomic mass is 9.67. The Morgan fingerprint density at radius 3 is 1.35 bits per heavy atom. The van der Waals surface area contributed by atoms with E-state index in [1.807, 2.05) is 36.4 Å². The van der Waals surface area contributed by atoms with Crippen LogP contribution in [0.25, 0.3) is 66.1 Å². The van der Waals surface area contributed by atoms with Gasteiger partial charge in [-0.2, -0.15) is 0 Å². The van der Waals surface area contributed by atoms with E-state index in [1.54, 1.807) is 6.07 Å². The van der Waals surface area contributed by atoms with Gasteiger partial charge in [0.25, 0.3) is 0 Å². The van der Waals surface area contributed by atoms with Crippen LogP contribution in [0.4, 0.5) is 38.5 Å². The summed E-state index contributed by atoms with van der Waals surface area (Å²) in [5, 5.41) is 4.13. The molecule has 0 amide bonds. The quantitative estimate of drug-likeness (QED) is 0.136. The summed E-state index contributed by atoms with van der Waals surface area (Å²) in [6.45, 7) is 15.8. The van der Waals surface area contributed by atoms with Crippen molar-refractivity contribution in [2.24, 2.45) is 0 Å². The van der Waals surface area contributed by atoms with E-state index < -0.39 is 5.41 Å². The summed E-state index contributed by atoms with van der Waals surface area (Å²) in [5.74, 6) is -0.304. The minimum atomic E-state index is -0.924. The number of benzene rings is 12. The molecule has 0 fully saturated rings. The first kappa shape index (κ1) is 52.3. The van der Waals surface area contributed by atoms with Crippen LogP contribution in [-0.2, 0) is 16.2 Å². The third-order valence-corrected chi connectivity index (χ3v) is 17.4. The molecule has 14 rings (SSSR count). The molecular formula is C80H65FN2O. The number of hydrogen-bond donors (Lipinski definition) is 0. The average Bonchev–Trinajstić information content (AvgIpc) is 1.52. The first-order valence-electron chi connectivity index (χ1n) is 29.3. The Balaban J connectivity index is 1.12. The highest BCUT2D eigenvalue weighted by molar-refractivity contribution is 6.22. The van der Waals surface area contributed by atoms with Crippen LogP contribution < -0.4 is 9.80 Å². The molecule has 0 saturated carbocycles. The van der Waals surface area contributed by atoms with Crippen LogP contribution in [-0.4, -0.2) is 0 Å². The molecule has 0 atom stereocenters. The first-order valence-corrected chi connectivity index (χ1v) is 29.3. The van der Waals surface area contributed by atoms with Crippen molar-refractivity contribution >= 4 is 66.8 Å². The second-order valence-corrected chi connectivity index (χ2v) is 24.6. The topological polar surface area (TPSA) is 19.6 Å². The van der Waals surface area contributed by atoms with Gasteiger partial charge in [-0.15, -0.1) is 0 Å². The standard InChI is InChI=1S/C80H65FN2O/c1-52-48-61(44-46-63(52)53-24-12-8-13-25-53)82(59-40-36-55(37-41-59)78(2,3)4)71-50-68-74(66-33-21-20-32-65(66)71)76-69(80(68,57-28-16-10-17-29-57)58-30-18-11-19-31-58)51-72(75-67-34-22-23-35-73(67)84-77(75)76)83(60-42-38-56(39-43-60)79(5,6)7)62-45-47-64(70(81)49-62)54-26-14-9-15-27-54/h8-51H,1-7H3. The Bertz CT molecular complexity index is 4570. The van der Waals surface area contributed by atoms with Gasteiger partial charge in [-0.25, -0.2) is 4.39 Å². The molecule has 1 aliphatic carbocycles. The highest BCUT2D eigenvalue weighted by Crippen LogP contribution is 2.64. The van der Waals surface area contributed by atoms with Gasteiger partial charge in [0, 0.05) is 44.6 Å². The average molecular weight is 1090 g/mol. The van der Waals surface area contributed by atoms with Gasteiger partial charge in [-0.3, -0.25) is 0 Å². The van der Waals surface area contributed by atoms with Crippen molar-refractivity contribution in [3.63, 3.8) is 0 Å². The number of nitrogens with zero attached hydrogens (tertiary/aromatic N) is 2. The lowest BCUT2D eigenvalue weighted by Gasteiger charge is -2.36. The molecule has 4 heteroatoms. The molecule has 0 bridgehead atoms. The van der Waals surface area contributed by atoms with E-state index in [0.29, 0.717) is 11.3 Å². The van der Waals surface area contributed by atoms with Crippen LogP contribution in [0.15, 0.2) is 271 Å². The van der Waals surface area contributed by atoms with Crippen molar-refractivity contribution < 1.29 is 8.81 Å². The molecule has 0 saturated heterocycles. The molecule has 0 spiro atoms. The predicted molar refractivity (Wildman–Crippen MR) is 351 cm³/mol. The van der Waals surface area contributed by atoms with E-state index in [9.17, 15) is 0 Å². The molecule has 408 valence electrons. The zero-order chi connectivity index (χ0) is 57.5. The summed E-state index contributed by atoms with van der Waals surface area (Å²) in [6, 6.07) is 95.4. The summed E-state index contributed by atoms with van der Waals surface area (Å²) in [6.07, 6.45) is 0. The van der Waals surface area contributed by atoms with Crippen molar-refractivity contribution in [3.05, 3.63) is 312 Å². The number of anilines is 6. The van der Waals surface area contributed by atoms with Crippen LogP contribution in [0.2, 0.25) is 0 Å². The van der Waals surface area contributed by atoms with Crippen LogP contribution >= 0.6 is 0 Å². The summed E-state index contributed by atoms with van der Waals surface area (Å²) in [7, 11) is 0. The van der Waals surface area contributed by atoms with E-state index in [0.717, 1.165) is 100 Å². The maximum atomic E-state index is 17.3. The number of fused-ring (bicyclic) bond motifs is 9. The highest BCUT2D eigenvalue weighted by Gasteiger charge is 2.50. The fraction of sp³-hybridized carbons (Fsp3) is 0.125. The Kier molecular flexibility index (Phi) is 12.6. The first-order chi connectivity index (χ1) is 40.8. The number of furan rings is 1. The van der Waals surface area contributed by atoms with Crippen LogP contribution in [0.5, 0.6) is 0 Å². The number of para-hydroxylation sites is 1. The van der Waals surface area contributed by atoms with E-state index >= 15 is 4.39 Å². The maximum Gasteiger partial charge on any atom is 0.145 e. The predicted octanol–water partition coefficient (Wildman–Crippen LogP) is 22.4. The number of rotatable bonds is 10. The zero-order valence-electron chi connectivity index (χ0n) is 48.6. The zero-order valence-corrected chi connectivity index (χ0v) is 48.6. The molecular weight excluding hydrogens is 1020 g/mol. The Morgan fingerprint density at radius 2 is 0.810 bits per heavy atom.